The van der Waals surface area contributed by atoms with Gasteiger partial charge in [0, 0.05) is 29.6 Å². The third kappa shape index (κ3) is 5.90. The minimum Gasteiger partial charge on any atom is -0.328 e. The summed E-state index contributed by atoms with van der Waals surface area (Å²) < 4.78 is 0. The molecule has 1 saturated heterocycles. The molecule has 1 amide bonds. The number of carbonyl (C=O) groups is 1. The number of para-hydroxylation sites is 1. The molecule has 0 bridgehead atoms. The van der Waals surface area contributed by atoms with Gasteiger partial charge >= 0.3 is 0 Å². The van der Waals surface area contributed by atoms with Crippen LogP contribution in [0.3, 0.4) is 0 Å². The van der Waals surface area contributed by atoms with Crippen molar-refractivity contribution in [1.29, 1.82) is 0 Å². The van der Waals surface area contributed by atoms with Crippen LogP contribution in [0.15, 0.2) is 29.2 Å². The first-order chi connectivity index (χ1) is 15.5. The van der Waals surface area contributed by atoms with Gasteiger partial charge < -0.3 is 10.6 Å². The molecule has 3 unspecified atom stereocenters. The van der Waals surface area contributed by atoms with Crippen molar-refractivity contribution in [2.24, 2.45) is 11.7 Å². The second-order valence-corrected chi connectivity index (χ2v) is 11.8. The van der Waals surface area contributed by atoms with Gasteiger partial charge in [-0.15, -0.1) is 11.8 Å². The number of carbonyl (C=O) groups excluding carboxylic acids is 1. The van der Waals surface area contributed by atoms with Gasteiger partial charge in [-0.25, -0.2) is 0 Å². The zero-order chi connectivity index (χ0) is 22.5. The summed E-state index contributed by atoms with van der Waals surface area (Å²) in [6, 6.07) is 10.3. The summed E-state index contributed by atoms with van der Waals surface area (Å²) in [5.74, 6) is 0.923. The van der Waals surface area contributed by atoms with Crippen molar-refractivity contribution >= 4 is 23.4 Å². The number of amides is 1. The topological polar surface area (TPSA) is 49.6 Å². The van der Waals surface area contributed by atoms with Crippen LogP contribution in [0, 0.1) is 5.92 Å². The van der Waals surface area contributed by atoms with Crippen molar-refractivity contribution in [2.75, 3.05) is 18.0 Å². The van der Waals surface area contributed by atoms with Crippen molar-refractivity contribution in [3.05, 3.63) is 24.3 Å². The minimum absolute atomic E-state index is 0.0512. The van der Waals surface area contributed by atoms with E-state index in [1.807, 2.05) is 0 Å². The summed E-state index contributed by atoms with van der Waals surface area (Å²) >= 11 is 1.79. The lowest BCUT2D eigenvalue weighted by Gasteiger charge is -2.39. The Morgan fingerprint density at radius 1 is 0.969 bits per heavy atom. The minimum atomic E-state index is 0.0512. The fraction of sp³-hybridized carbons (Fsp3) is 0.741. The van der Waals surface area contributed by atoms with Crippen molar-refractivity contribution < 1.29 is 4.79 Å². The molecule has 4 nitrogen and oxygen atoms in total. The number of piperidine rings is 1. The molecular weight excluding hydrogens is 414 g/mol. The maximum Gasteiger partial charge on any atom is 0.240 e. The van der Waals surface area contributed by atoms with Crippen molar-refractivity contribution in [3.63, 3.8) is 0 Å². The average Bonchev–Trinajstić information content (AvgIpc) is 2.77. The monoisotopic (exact) mass is 457 g/mol. The quantitative estimate of drug-likeness (QED) is 0.499. The summed E-state index contributed by atoms with van der Waals surface area (Å²) in [6.07, 6.45) is 13.2. The van der Waals surface area contributed by atoms with Gasteiger partial charge in [0.1, 0.15) is 0 Å². The standard InChI is InChI=1S/C27H43N3OS/c1-20-10-8-11-21(2)29(20)16-6-3-7-17-30-24-14-4-5-15-25(24)32-26(27(30)31)19-22-12-9-13-23(28)18-22/h4-5,14-15,20-23,26H,3,6-13,16-19,28H2,1-2H3/t20-,21+,22?,23?,26?. The Hall–Kier alpha value is -1.04. The molecule has 0 aromatic heterocycles. The van der Waals surface area contributed by atoms with Gasteiger partial charge in [0.2, 0.25) is 5.91 Å². The molecule has 2 heterocycles. The van der Waals surface area contributed by atoms with Gasteiger partial charge in [-0.2, -0.15) is 0 Å². The smallest absolute Gasteiger partial charge is 0.240 e. The number of rotatable bonds is 8. The maximum atomic E-state index is 13.5. The molecular formula is C27H43N3OS. The number of likely N-dealkylation sites (tertiary alicyclic amines) is 1. The van der Waals surface area contributed by atoms with Gasteiger partial charge in [-0.05, 0) is 83.4 Å². The third-order valence-corrected chi connectivity index (χ3v) is 9.29. The summed E-state index contributed by atoms with van der Waals surface area (Å²) in [4.78, 5) is 19.6. The van der Waals surface area contributed by atoms with Crippen LogP contribution in [0.25, 0.3) is 0 Å². The summed E-state index contributed by atoms with van der Waals surface area (Å²) in [5.41, 5.74) is 7.35. The van der Waals surface area contributed by atoms with Crippen LogP contribution in [0.4, 0.5) is 5.69 Å². The van der Waals surface area contributed by atoms with E-state index in [4.69, 9.17) is 5.73 Å². The van der Waals surface area contributed by atoms with Gasteiger partial charge in [0.05, 0.1) is 10.9 Å². The van der Waals surface area contributed by atoms with E-state index in [9.17, 15) is 4.79 Å². The van der Waals surface area contributed by atoms with Crippen molar-refractivity contribution in [1.82, 2.24) is 4.90 Å². The molecule has 2 fully saturated rings. The Morgan fingerprint density at radius 2 is 1.69 bits per heavy atom. The first kappa shape index (κ1) is 24.1. The Kier molecular flexibility index (Phi) is 8.58. The number of nitrogens with two attached hydrogens (primary N) is 1. The number of benzene rings is 1. The highest BCUT2D eigenvalue weighted by atomic mass is 32.2. The van der Waals surface area contributed by atoms with Crippen molar-refractivity contribution in [2.45, 2.75) is 113 Å². The van der Waals surface area contributed by atoms with Crippen LogP contribution in [-0.2, 0) is 4.79 Å². The first-order valence-corrected chi connectivity index (χ1v) is 14.0. The normalized spacial score (nSPS) is 31.5. The average molecular weight is 458 g/mol. The molecule has 0 radical (unpaired) electrons. The second kappa shape index (κ2) is 11.4. The van der Waals surface area contributed by atoms with Crippen LogP contribution < -0.4 is 10.6 Å². The van der Waals surface area contributed by atoms with Crippen LogP contribution in [0.5, 0.6) is 0 Å². The lowest BCUT2D eigenvalue weighted by atomic mass is 9.83. The SMILES string of the molecule is C[C@@H]1CCC[C@H](C)N1CCCCCN1C(=O)C(CC2CCCC(N)C2)Sc2ccccc21. The van der Waals surface area contributed by atoms with E-state index in [1.54, 1.807) is 11.8 Å². The van der Waals surface area contributed by atoms with Gasteiger partial charge in [-0.3, -0.25) is 9.69 Å². The summed E-state index contributed by atoms with van der Waals surface area (Å²) in [7, 11) is 0. The first-order valence-electron chi connectivity index (χ1n) is 13.1. The fourth-order valence-corrected chi connectivity index (χ4v) is 7.52. The molecule has 178 valence electrons. The third-order valence-electron chi connectivity index (χ3n) is 8.01. The Morgan fingerprint density at radius 3 is 2.47 bits per heavy atom. The van der Waals surface area contributed by atoms with Gasteiger partial charge in [0.25, 0.3) is 0 Å². The number of hydrogen-bond acceptors (Lipinski definition) is 4. The lowest BCUT2D eigenvalue weighted by Crippen LogP contribution is -2.44. The molecule has 4 rings (SSSR count). The zero-order valence-electron chi connectivity index (χ0n) is 20.2. The van der Waals surface area contributed by atoms with E-state index in [2.05, 4.69) is 47.9 Å². The van der Waals surface area contributed by atoms with E-state index >= 15 is 0 Å². The van der Waals surface area contributed by atoms with Crippen molar-refractivity contribution in [3.8, 4) is 0 Å². The highest BCUT2D eigenvalue weighted by Crippen LogP contribution is 2.42. The molecule has 1 aliphatic carbocycles. The second-order valence-electron chi connectivity index (χ2n) is 10.5. The largest absolute Gasteiger partial charge is 0.328 e. The zero-order valence-corrected chi connectivity index (χ0v) is 21.0. The molecule has 3 aliphatic rings. The number of hydrogen-bond donors (Lipinski definition) is 1. The molecule has 2 aliphatic heterocycles. The van der Waals surface area contributed by atoms with Gasteiger partial charge in [0.15, 0.2) is 0 Å². The Bertz CT molecular complexity index is 746. The molecule has 1 saturated carbocycles. The molecule has 1 aromatic rings. The Balaban J connectivity index is 1.31. The number of unbranched alkanes of at least 4 members (excludes halogenated alkanes) is 2. The fourth-order valence-electron chi connectivity index (χ4n) is 6.16. The molecule has 5 atom stereocenters. The van der Waals surface area contributed by atoms with Crippen LogP contribution >= 0.6 is 11.8 Å². The van der Waals surface area contributed by atoms with E-state index in [-0.39, 0.29) is 5.25 Å². The van der Waals surface area contributed by atoms with E-state index in [0.717, 1.165) is 50.0 Å². The van der Waals surface area contributed by atoms with E-state index in [0.29, 0.717) is 17.9 Å². The number of thioether (sulfide) groups is 1. The number of nitrogens with zero attached hydrogens (tertiary/aromatic N) is 2. The Labute approximate surface area is 199 Å². The molecule has 0 spiro atoms. The van der Waals surface area contributed by atoms with E-state index in [1.165, 1.54) is 56.4 Å². The predicted molar refractivity (Wildman–Crippen MR) is 136 cm³/mol. The van der Waals surface area contributed by atoms with E-state index < -0.39 is 0 Å². The van der Waals surface area contributed by atoms with Crippen LogP contribution in [0.2, 0.25) is 0 Å². The number of fused-ring (bicyclic) bond motifs is 1. The van der Waals surface area contributed by atoms with Gasteiger partial charge in [-0.1, -0.05) is 37.8 Å². The van der Waals surface area contributed by atoms with Crippen LogP contribution in [0.1, 0.15) is 84.5 Å². The molecule has 2 N–H and O–H groups in total. The summed E-state index contributed by atoms with van der Waals surface area (Å²) in [5, 5.41) is 0.0512. The molecule has 1 aromatic carbocycles. The predicted octanol–water partition coefficient (Wildman–Crippen LogP) is 5.83. The molecule has 5 heteroatoms. The highest BCUT2D eigenvalue weighted by molar-refractivity contribution is 8.01. The number of anilines is 1. The van der Waals surface area contributed by atoms with Crippen LogP contribution in [-0.4, -0.2) is 47.3 Å². The maximum absolute atomic E-state index is 13.5. The lowest BCUT2D eigenvalue weighted by molar-refractivity contribution is -0.118. The summed E-state index contributed by atoms with van der Waals surface area (Å²) in [6.45, 7) is 6.82. The molecule has 32 heavy (non-hydrogen) atoms. The highest BCUT2D eigenvalue weighted by Gasteiger charge is 2.35.